The number of rotatable bonds is 2. The van der Waals surface area contributed by atoms with Gasteiger partial charge in [-0.3, -0.25) is 14.9 Å². The minimum Gasteiger partial charge on any atom is -0.292 e. The molecule has 0 aromatic carbocycles. The van der Waals surface area contributed by atoms with Crippen LogP contribution in [-0.4, -0.2) is 16.7 Å². The number of hydrogen-bond acceptors (Lipinski definition) is 3. The zero-order chi connectivity index (χ0) is 9.14. The van der Waals surface area contributed by atoms with Gasteiger partial charge in [0.05, 0.1) is 0 Å². The van der Waals surface area contributed by atoms with E-state index < -0.39 is 11.0 Å². The van der Waals surface area contributed by atoms with Crippen molar-refractivity contribution in [2.45, 2.75) is 38.6 Å². The van der Waals surface area contributed by atoms with E-state index >= 15 is 0 Å². The van der Waals surface area contributed by atoms with Gasteiger partial charge in [-0.05, 0) is 12.3 Å². The van der Waals surface area contributed by atoms with Gasteiger partial charge in [0.25, 0.3) is 6.04 Å². The van der Waals surface area contributed by atoms with Gasteiger partial charge < -0.3 is 0 Å². The highest BCUT2D eigenvalue weighted by molar-refractivity contribution is 5.83. The predicted octanol–water partition coefficient (Wildman–Crippen LogP) is 1.41. The average Bonchev–Trinajstić information content (AvgIpc) is 2.05. The maximum Gasteiger partial charge on any atom is 0.270 e. The Morgan fingerprint density at radius 2 is 2.33 bits per heavy atom. The summed E-state index contributed by atoms with van der Waals surface area (Å²) in [5.74, 6) is 0.183. The molecule has 0 unspecified atom stereocenters. The minimum absolute atomic E-state index is 0.190. The number of hydrogen-bond donors (Lipinski definition) is 0. The molecule has 0 radical (unpaired) electrons. The van der Waals surface area contributed by atoms with Crippen molar-refractivity contribution in [2.75, 3.05) is 0 Å². The summed E-state index contributed by atoms with van der Waals surface area (Å²) in [5, 5.41) is 10.4. The van der Waals surface area contributed by atoms with Crippen molar-refractivity contribution in [3.63, 3.8) is 0 Å². The maximum absolute atomic E-state index is 11.1. The summed E-state index contributed by atoms with van der Waals surface area (Å²) >= 11 is 0. The molecule has 0 saturated heterocycles. The number of ketones is 1. The number of Topliss-reactive ketones (excluding diaryl/α,β-unsaturated/α-hetero) is 1. The Kier molecular flexibility index (Phi) is 2.78. The molecular formula is C8H13NO3. The van der Waals surface area contributed by atoms with E-state index in [9.17, 15) is 14.9 Å². The molecule has 1 aliphatic rings. The van der Waals surface area contributed by atoms with Gasteiger partial charge in [-0.2, -0.15) is 0 Å². The van der Waals surface area contributed by atoms with Gasteiger partial charge in [0.2, 0.25) is 5.78 Å². The molecule has 0 N–H and O–H groups in total. The van der Waals surface area contributed by atoms with Crippen molar-refractivity contribution in [2.24, 2.45) is 5.92 Å². The van der Waals surface area contributed by atoms with Crippen LogP contribution in [0.15, 0.2) is 0 Å². The van der Waals surface area contributed by atoms with Gasteiger partial charge in [-0.15, -0.1) is 0 Å². The quantitative estimate of drug-likeness (QED) is 0.466. The van der Waals surface area contributed by atoms with Gasteiger partial charge in [0, 0.05) is 17.8 Å². The van der Waals surface area contributed by atoms with Gasteiger partial charge in [-0.1, -0.05) is 13.3 Å². The van der Waals surface area contributed by atoms with E-state index in [1.807, 2.05) is 6.92 Å². The molecule has 0 aromatic heterocycles. The van der Waals surface area contributed by atoms with Crippen LogP contribution in [0.25, 0.3) is 0 Å². The Balaban J connectivity index is 2.59. The summed E-state index contributed by atoms with van der Waals surface area (Å²) in [7, 11) is 0. The van der Waals surface area contributed by atoms with Gasteiger partial charge in [-0.25, -0.2) is 0 Å². The molecule has 0 aliphatic heterocycles. The van der Waals surface area contributed by atoms with Gasteiger partial charge in [0.15, 0.2) is 0 Å². The average molecular weight is 171 g/mol. The standard InChI is InChI=1S/C8H13NO3/c1-2-6-3-4-8(10)7(5-6)9(11)12/h6-7H,2-5H2,1H3/t6-,7-/m0/s1. The highest BCUT2D eigenvalue weighted by atomic mass is 16.6. The van der Waals surface area contributed by atoms with Crippen LogP contribution >= 0.6 is 0 Å². The minimum atomic E-state index is -0.913. The lowest BCUT2D eigenvalue weighted by Crippen LogP contribution is -2.35. The van der Waals surface area contributed by atoms with Crippen LogP contribution in [-0.2, 0) is 4.79 Å². The first-order valence-corrected chi connectivity index (χ1v) is 4.31. The fraction of sp³-hybridized carbons (Fsp3) is 0.875. The molecule has 0 aromatic rings. The molecule has 0 amide bonds. The van der Waals surface area contributed by atoms with E-state index in [1.165, 1.54) is 0 Å². The second-order valence-corrected chi connectivity index (χ2v) is 3.32. The summed E-state index contributed by atoms with van der Waals surface area (Å²) < 4.78 is 0. The SMILES string of the molecule is CC[C@H]1CCC(=O)[C@@H]([N+](=O)[O-])C1. The summed E-state index contributed by atoms with van der Waals surface area (Å²) in [6.07, 6.45) is 2.61. The smallest absolute Gasteiger partial charge is 0.270 e. The van der Waals surface area contributed by atoms with Crippen molar-refractivity contribution in [1.29, 1.82) is 0 Å². The Labute approximate surface area is 71.1 Å². The second kappa shape index (κ2) is 3.65. The first-order chi connectivity index (χ1) is 5.65. The number of nitrogens with zero attached hydrogens (tertiary/aromatic N) is 1. The molecule has 68 valence electrons. The van der Waals surface area contributed by atoms with E-state index in [2.05, 4.69) is 0 Å². The van der Waals surface area contributed by atoms with Crippen LogP contribution in [0.2, 0.25) is 0 Å². The predicted molar refractivity (Wildman–Crippen MR) is 43.4 cm³/mol. The maximum atomic E-state index is 11.1. The highest BCUT2D eigenvalue weighted by Crippen LogP contribution is 2.25. The van der Waals surface area contributed by atoms with E-state index in [4.69, 9.17) is 0 Å². The van der Waals surface area contributed by atoms with E-state index in [-0.39, 0.29) is 5.78 Å². The van der Waals surface area contributed by atoms with Gasteiger partial charge in [0.1, 0.15) is 0 Å². The molecule has 12 heavy (non-hydrogen) atoms. The fourth-order valence-electron chi connectivity index (χ4n) is 1.65. The summed E-state index contributed by atoms with van der Waals surface area (Å²) in [4.78, 5) is 21.0. The second-order valence-electron chi connectivity index (χ2n) is 3.32. The van der Waals surface area contributed by atoms with Crippen LogP contribution < -0.4 is 0 Å². The molecule has 4 heteroatoms. The monoisotopic (exact) mass is 171 g/mol. The number of nitro groups is 1. The van der Waals surface area contributed by atoms with Crippen molar-refractivity contribution in [3.8, 4) is 0 Å². The lowest BCUT2D eigenvalue weighted by atomic mass is 9.84. The fourth-order valence-corrected chi connectivity index (χ4v) is 1.65. The number of carbonyl (C=O) groups excluding carboxylic acids is 1. The lowest BCUT2D eigenvalue weighted by Gasteiger charge is -2.21. The third-order valence-corrected chi connectivity index (χ3v) is 2.56. The first-order valence-electron chi connectivity index (χ1n) is 4.31. The van der Waals surface area contributed by atoms with Crippen LogP contribution in [0.5, 0.6) is 0 Å². The Morgan fingerprint density at radius 3 is 2.83 bits per heavy atom. The largest absolute Gasteiger partial charge is 0.292 e. The van der Waals surface area contributed by atoms with Crippen molar-refractivity contribution >= 4 is 5.78 Å². The van der Waals surface area contributed by atoms with Gasteiger partial charge >= 0.3 is 0 Å². The molecule has 0 heterocycles. The third-order valence-electron chi connectivity index (χ3n) is 2.56. The Hall–Kier alpha value is -0.930. The van der Waals surface area contributed by atoms with E-state index in [1.54, 1.807) is 0 Å². The summed E-state index contributed by atoms with van der Waals surface area (Å²) in [5.41, 5.74) is 0. The summed E-state index contributed by atoms with van der Waals surface area (Å²) in [6.45, 7) is 2.01. The zero-order valence-corrected chi connectivity index (χ0v) is 7.16. The Morgan fingerprint density at radius 1 is 1.67 bits per heavy atom. The number of carbonyl (C=O) groups is 1. The molecule has 0 bridgehead atoms. The van der Waals surface area contributed by atoms with Crippen molar-refractivity contribution < 1.29 is 9.72 Å². The third kappa shape index (κ3) is 1.81. The van der Waals surface area contributed by atoms with Crippen LogP contribution in [0.1, 0.15) is 32.6 Å². The van der Waals surface area contributed by atoms with Crippen molar-refractivity contribution in [3.05, 3.63) is 10.1 Å². The molecule has 2 atom stereocenters. The lowest BCUT2D eigenvalue weighted by molar-refractivity contribution is -0.510. The molecule has 1 rings (SSSR count). The summed E-state index contributed by atoms with van der Waals surface area (Å²) in [6, 6.07) is -0.913. The molecule has 0 spiro atoms. The first kappa shape index (κ1) is 9.16. The van der Waals surface area contributed by atoms with Crippen LogP contribution in [0.4, 0.5) is 0 Å². The van der Waals surface area contributed by atoms with E-state index in [0.717, 1.165) is 12.8 Å². The molecule has 1 fully saturated rings. The molecule has 1 aliphatic carbocycles. The topological polar surface area (TPSA) is 60.2 Å². The van der Waals surface area contributed by atoms with Crippen LogP contribution in [0, 0.1) is 16.0 Å². The van der Waals surface area contributed by atoms with Crippen LogP contribution in [0.3, 0.4) is 0 Å². The van der Waals surface area contributed by atoms with Crippen molar-refractivity contribution in [1.82, 2.24) is 0 Å². The Bertz CT molecular complexity index is 202. The molecule has 4 nitrogen and oxygen atoms in total. The van der Waals surface area contributed by atoms with E-state index in [0.29, 0.717) is 18.8 Å². The highest BCUT2D eigenvalue weighted by Gasteiger charge is 2.35. The normalized spacial score (nSPS) is 30.2. The molecule has 1 saturated carbocycles. The zero-order valence-electron chi connectivity index (χ0n) is 7.16. The molecular weight excluding hydrogens is 158 g/mol.